The highest BCUT2D eigenvalue weighted by Crippen LogP contribution is 2.31. The van der Waals surface area contributed by atoms with Gasteiger partial charge in [-0.3, -0.25) is 9.78 Å². The molecule has 1 saturated carbocycles. The van der Waals surface area contributed by atoms with Crippen molar-refractivity contribution in [3.63, 3.8) is 0 Å². The van der Waals surface area contributed by atoms with Crippen molar-refractivity contribution in [2.24, 2.45) is 5.92 Å². The molecule has 0 spiro atoms. The molecule has 118 valence electrons. The van der Waals surface area contributed by atoms with Crippen molar-refractivity contribution in [2.45, 2.75) is 12.8 Å². The highest BCUT2D eigenvalue weighted by molar-refractivity contribution is 5.81. The van der Waals surface area contributed by atoms with E-state index in [2.05, 4.69) is 20.1 Å². The van der Waals surface area contributed by atoms with Crippen LogP contribution in [-0.2, 0) is 4.79 Å². The molecule has 0 aromatic carbocycles. The average molecular weight is 309 g/mol. The van der Waals surface area contributed by atoms with Gasteiger partial charge in [0.2, 0.25) is 5.91 Å². The summed E-state index contributed by atoms with van der Waals surface area (Å²) in [5.41, 5.74) is 1.86. The largest absolute Gasteiger partial charge is 0.352 e. The summed E-state index contributed by atoms with van der Waals surface area (Å²) >= 11 is 0. The Morgan fingerprint density at radius 3 is 2.30 bits per heavy atom. The van der Waals surface area contributed by atoms with Gasteiger partial charge in [-0.05, 0) is 37.1 Å². The van der Waals surface area contributed by atoms with Crippen LogP contribution in [0, 0.1) is 5.92 Å². The van der Waals surface area contributed by atoms with Crippen LogP contribution < -0.4 is 4.90 Å². The molecule has 1 saturated heterocycles. The van der Waals surface area contributed by atoms with E-state index >= 15 is 0 Å². The second-order valence-corrected chi connectivity index (χ2v) is 6.10. The molecule has 2 aromatic heterocycles. The number of nitrogens with zero attached hydrogens (tertiary/aromatic N) is 5. The summed E-state index contributed by atoms with van der Waals surface area (Å²) in [6.45, 7) is 3.20. The third-order valence-corrected chi connectivity index (χ3v) is 4.47. The van der Waals surface area contributed by atoms with E-state index in [1.165, 1.54) is 0 Å². The number of piperazine rings is 1. The zero-order valence-corrected chi connectivity index (χ0v) is 12.9. The van der Waals surface area contributed by atoms with E-state index in [0.717, 1.165) is 56.1 Å². The number of amides is 1. The van der Waals surface area contributed by atoms with Gasteiger partial charge in [0.25, 0.3) is 0 Å². The second-order valence-electron chi connectivity index (χ2n) is 6.10. The fraction of sp³-hybridized carbons (Fsp3) is 0.412. The number of carbonyl (C=O) groups is 1. The number of rotatable bonds is 3. The van der Waals surface area contributed by atoms with E-state index in [1.807, 2.05) is 29.2 Å². The van der Waals surface area contributed by atoms with Crippen molar-refractivity contribution in [3.05, 3.63) is 36.7 Å². The Labute approximate surface area is 135 Å². The summed E-state index contributed by atoms with van der Waals surface area (Å²) in [4.78, 5) is 20.3. The van der Waals surface area contributed by atoms with Crippen molar-refractivity contribution in [1.82, 2.24) is 20.1 Å². The van der Waals surface area contributed by atoms with Crippen molar-refractivity contribution in [1.29, 1.82) is 0 Å². The van der Waals surface area contributed by atoms with E-state index in [0.29, 0.717) is 11.8 Å². The van der Waals surface area contributed by atoms with Crippen LogP contribution in [-0.4, -0.2) is 52.2 Å². The summed E-state index contributed by atoms with van der Waals surface area (Å²) in [5.74, 6) is 1.52. The molecule has 6 heteroatoms. The Morgan fingerprint density at radius 2 is 1.70 bits per heavy atom. The lowest BCUT2D eigenvalue weighted by Gasteiger charge is -2.35. The molecule has 23 heavy (non-hydrogen) atoms. The van der Waals surface area contributed by atoms with Gasteiger partial charge in [-0.2, -0.15) is 0 Å². The van der Waals surface area contributed by atoms with Gasteiger partial charge in [-0.15, -0.1) is 10.2 Å². The number of carbonyl (C=O) groups excluding carboxylic acids is 1. The molecular weight excluding hydrogens is 290 g/mol. The van der Waals surface area contributed by atoms with Crippen LogP contribution >= 0.6 is 0 Å². The fourth-order valence-electron chi connectivity index (χ4n) is 2.91. The van der Waals surface area contributed by atoms with Gasteiger partial charge in [0.15, 0.2) is 5.82 Å². The van der Waals surface area contributed by atoms with E-state index in [1.54, 1.807) is 12.4 Å². The Kier molecular flexibility index (Phi) is 3.65. The maximum atomic E-state index is 12.1. The topological polar surface area (TPSA) is 62.2 Å². The molecule has 0 atom stereocenters. The molecule has 2 aliphatic rings. The molecule has 1 aliphatic heterocycles. The highest BCUT2D eigenvalue weighted by atomic mass is 16.2. The van der Waals surface area contributed by atoms with Gasteiger partial charge in [0.1, 0.15) is 0 Å². The van der Waals surface area contributed by atoms with E-state index in [4.69, 9.17) is 0 Å². The Morgan fingerprint density at radius 1 is 0.957 bits per heavy atom. The zero-order chi connectivity index (χ0) is 15.6. The summed E-state index contributed by atoms with van der Waals surface area (Å²) in [7, 11) is 0. The summed E-state index contributed by atoms with van der Waals surface area (Å²) in [5, 5.41) is 8.66. The molecule has 0 N–H and O–H groups in total. The first-order valence-electron chi connectivity index (χ1n) is 8.09. The molecule has 2 aromatic rings. The minimum absolute atomic E-state index is 0.306. The number of anilines is 1. The Balaban J connectivity index is 1.40. The smallest absolute Gasteiger partial charge is 0.225 e. The number of hydrogen-bond donors (Lipinski definition) is 0. The third-order valence-electron chi connectivity index (χ3n) is 4.47. The molecule has 6 nitrogen and oxygen atoms in total. The van der Waals surface area contributed by atoms with Crippen LogP contribution in [0.3, 0.4) is 0 Å². The van der Waals surface area contributed by atoms with Gasteiger partial charge >= 0.3 is 0 Å². The Bertz CT molecular complexity index is 676. The molecule has 0 bridgehead atoms. The molecule has 3 heterocycles. The van der Waals surface area contributed by atoms with Crippen molar-refractivity contribution < 1.29 is 4.79 Å². The first-order valence-corrected chi connectivity index (χ1v) is 8.09. The summed E-state index contributed by atoms with van der Waals surface area (Å²) in [6, 6.07) is 7.83. The van der Waals surface area contributed by atoms with Crippen LogP contribution in [0.25, 0.3) is 11.3 Å². The lowest BCUT2D eigenvalue weighted by atomic mass is 10.2. The van der Waals surface area contributed by atoms with Crippen LogP contribution in [0.5, 0.6) is 0 Å². The molecule has 1 aliphatic carbocycles. The molecule has 1 amide bonds. The minimum Gasteiger partial charge on any atom is -0.352 e. The number of aromatic nitrogens is 3. The first kappa shape index (κ1) is 14.1. The first-order chi connectivity index (χ1) is 11.3. The molecule has 4 rings (SSSR count). The van der Waals surface area contributed by atoms with Gasteiger partial charge in [-0.25, -0.2) is 0 Å². The predicted octanol–water partition coefficient (Wildman–Crippen LogP) is 1.60. The average Bonchev–Trinajstić information content (AvgIpc) is 3.47. The standard InChI is InChI=1S/C17H19N5O/c23-17(14-1-2-14)22-11-9-21(10-12-22)16-4-3-15(19-20-16)13-5-7-18-8-6-13/h3-8,14H,1-2,9-12H2. The van der Waals surface area contributed by atoms with Gasteiger partial charge in [0, 0.05) is 50.1 Å². The van der Waals surface area contributed by atoms with Crippen molar-refractivity contribution in [3.8, 4) is 11.3 Å². The SMILES string of the molecule is O=C(C1CC1)N1CCN(c2ccc(-c3ccncc3)nn2)CC1. The second kappa shape index (κ2) is 5.95. The lowest BCUT2D eigenvalue weighted by Crippen LogP contribution is -2.49. The zero-order valence-electron chi connectivity index (χ0n) is 12.9. The maximum absolute atomic E-state index is 12.1. The summed E-state index contributed by atoms with van der Waals surface area (Å²) < 4.78 is 0. The maximum Gasteiger partial charge on any atom is 0.225 e. The van der Waals surface area contributed by atoms with E-state index in [9.17, 15) is 4.79 Å². The van der Waals surface area contributed by atoms with Crippen molar-refractivity contribution >= 4 is 11.7 Å². The lowest BCUT2D eigenvalue weighted by molar-refractivity contribution is -0.132. The Hall–Kier alpha value is -2.50. The number of hydrogen-bond acceptors (Lipinski definition) is 5. The number of pyridine rings is 1. The van der Waals surface area contributed by atoms with Crippen LogP contribution in [0.4, 0.5) is 5.82 Å². The van der Waals surface area contributed by atoms with Crippen LogP contribution in [0.15, 0.2) is 36.7 Å². The molecule has 2 fully saturated rings. The quantitative estimate of drug-likeness (QED) is 0.862. The van der Waals surface area contributed by atoms with E-state index in [-0.39, 0.29) is 0 Å². The minimum atomic E-state index is 0.306. The normalized spacial score (nSPS) is 18.1. The van der Waals surface area contributed by atoms with Gasteiger partial charge < -0.3 is 9.80 Å². The van der Waals surface area contributed by atoms with E-state index < -0.39 is 0 Å². The molecular formula is C17H19N5O. The van der Waals surface area contributed by atoms with Crippen LogP contribution in [0.2, 0.25) is 0 Å². The third kappa shape index (κ3) is 3.02. The molecule has 0 unspecified atom stereocenters. The van der Waals surface area contributed by atoms with Crippen molar-refractivity contribution in [2.75, 3.05) is 31.1 Å². The predicted molar refractivity (Wildman–Crippen MR) is 86.8 cm³/mol. The fourth-order valence-corrected chi connectivity index (χ4v) is 2.91. The monoisotopic (exact) mass is 309 g/mol. The molecule has 0 radical (unpaired) electrons. The van der Waals surface area contributed by atoms with Gasteiger partial charge in [0.05, 0.1) is 5.69 Å². The van der Waals surface area contributed by atoms with Crippen LogP contribution in [0.1, 0.15) is 12.8 Å². The summed E-state index contributed by atoms with van der Waals surface area (Å²) in [6.07, 6.45) is 5.64. The highest BCUT2D eigenvalue weighted by Gasteiger charge is 2.34. The van der Waals surface area contributed by atoms with Gasteiger partial charge in [-0.1, -0.05) is 0 Å².